The number of aliphatic hydroxyl groups is 1. The van der Waals surface area contributed by atoms with E-state index in [1.165, 1.54) is 38.5 Å². The number of ether oxygens (including phenoxy) is 1. The molecule has 5 rings (SSSR count). The van der Waals surface area contributed by atoms with Crippen LogP contribution in [0.25, 0.3) is 0 Å². The molecule has 2 heteroatoms. The van der Waals surface area contributed by atoms with Crippen molar-refractivity contribution < 1.29 is 9.84 Å². The summed E-state index contributed by atoms with van der Waals surface area (Å²) in [6, 6.07) is 0. The van der Waals surface area contributed by atoms with Crippen LogP contribution in [0.3, 0.4) is 0 Å². The van der Waals surface area contributed by atoms with E-state index < -0.39 is 0 Å². The van der Waals surface area contributed by atoms with Gasteiger partial charge in [0.1, 0.15) is 0 Å². The zero-order valence-corrected chi connectivity index (χ0v) is 13.6. The van der Waals surface area contributed by atoms with Crippen molar-refractivity contribution in [2.24, 2.45) is 34.5 Å². The molecule has 4 saturated carbocycles. The molecule has 0 aromatic rings. The van der Waals surface area contributed by atoms with E-state index in [2.05, 4.69) is 13.8 Å². The van der Waals surface area contributed by atoms with Crippen LogP contribution < -0.4 is 0 Å². The van der Waals surface area contributed by atoms with Crippen molar-refractivity contribution in [3.63, 3.8) is 0 Å². The molecule has 0 amide bonds. The third-order valence-corrected chi connectivity index (χ3v) is 8.79. The minimum Gasteiger partial charge on any atom is -0.393 e. The normalized spacial score (nSPS) is 65.0. The van der Waals surface area contributed by atoms with E-state index in [0.717, 1.165) is 36.5 Å². The van der Waals surface area contributed by atoms with Crippen molar-refractivity contribution in [1.29, 1.82) is 0 Å². The lowest BCUT2D eigenvalue weighted by molar-refractivity contribution is -0.131. The standard InChI is InChI=1S/C19H30O2/c1-18-7-5-12(20)9-11(18)3-4-13-14(18)6-8-19(2)15(13)10-16-17(19)21-16/h11-17,20H,3-10H2,1-2H3/t11-,12+,13+,14-,15-,16+,17+,18-,19-/m0/s1. The first-order chi connectivity index (χ1) is 10.0. The van der Waals surface area contributed by atoms with Gasteiger partial charge in [-0.2, -0.15) is 0 Å². The summed E-state index contributed by atoms with van der Waals surface area (Å²) < 4.78 is 5.92. The number of hydrogen-bond donors (Lipinski definition) is 1. The number of epoxide rings is 1. The summed E-state index contributed by atoms with van der Waals surface area (Å²) in [6.45, 7) is 5.11. The third-order valence-electron chi connectivity index (χ3n) is 8.79. The lowest BCUT2D eigenvalue weighted by Crippen LogP contribution is -2.54. The second-order valence-electron chi connectivity index (χ2n) is 9.46. The quantitative estimate of drug-likeness (QED) is 0.689. The van der Waals surface area contributed by atoms with Gasteiger partial charge in [0.2, 0.25) is 0 Å². The molecule has 0 radical (unpaired) electrons. The van der Waals surface area contributed by atoms with E-state index in [1.807, 2.05) is 0 Å². The molecule has 21 heavy (non-hydrogen) atoms. The Bertz CT molecular complexity index is 462. The van der Waals surface area contributed by atoms with E-state index in [0.29, 0.717) is 23.0 Å². The number of aliphatic hydroxyl groups excluding tert-OH is 1. The molecule has 0 unspecified atom stereocenters. The van der Waals surface area contributed by atoms with E-state index in [9.17, 15) is 5.11 Å². The summed E-state index contributed by atoms with van der Waals surface area (Å²) in [5.41, 5.74) is 1.03. The van der Waals surface area contributed by atoms with Crippen molar-refractivity contribution >= 4 is 0 Å². The first-order valence-electron chi connectivity index (χ1n) is 9.36. The zero-order valence-electron chi connectivity index (χ0n) is 13.6. The van der Waals surface area contributed by atoms with Crippen molar-refractivity contribution in [2.45, 2.75) is 83.5 Å². The number of fused-ring (bicyclic) bond motifs is 7. The van der Waals surface area contributed by atoms with Crippen LogP contribution in [0.4, 0.5) is 0 Å². The van der Waals surface area contributed by atoms with Gasteiger partial charge in [-0.25, -0.2) is 0 Å². The minimum absolute atomic E-state index is 0.0130. The molecule has 0 aromatic heterocycles. The first-order valence-corrected chi connectivity index (χ1v) is 9.36. The van der Waals surface area contributed by atoms with Gasteiger partial charge in [0.05, 0.1) is 18.3 Å². The molecule has 2 nitrogen and oxygen atoms in total. The van der Waals surface area contributed by atoms with Gasteiger partial charge in [0.15, 0.2) is 0 Å². The van der Waals surface area contributed by atoms with Gasteiger partial charge in [-0.3, -0.25) is 0 Å². The maximum absolute atomic E-state index is 10.1. The fourth-order valence-corrected chi connectivity index (χ4v) is 7.53. The van der Waals surface area contributed by atoms with Crippen molar-refractivity contribution in [2.75, 3.05) is 0 Å². The molecule has 1 heterocycles. The Morgan fingerprint density at radius 3 is 2.57 bits per heavy atom. The summed E-state index contributed by atoms with van der Waals surface area (Å²) >= 11 is 0. The summed E-state index contributed by atoms with van der Waals surface area (Å²) in [6.07, 6.45) is 11.6. The molecular formula is C19H30O2. The predicted molar refractivity (Wildman–Crippen MR) is 81.8 cm³/mol. The summed E-state index contributed by atoms with van der Waals surface area (Å²) in [7, 11) is 0. The average Bonchev–Trinajstić information content (AvgIpc) is 3.17. The fourth-order valence-electron chi connectivity index (χ4n) is 7.53. The monoisotopic (exact) mass is 290 g/mol. The maximum Gasteiger partial charge on any atom is 0.0898 e. The van der Waals surface area contributed by atoms with E-state index in [-0.39, 0.29) is 6.10 Å². The van der Waals surface area contributed by atoms with Gasteiger partial charge in [-0.15, -0.1) is 0 Å². The molecule has 118 valence electrons. The second kappa shape index (κ2) is 4.06. The smallest absolute Gasteiger partial charge is 0.0898 e. The van der Waals surface area contributed by atoms with Crippen molar-refractivity contribution in [1.82, 2.24) is 0 Å². The molecule has 1 saturated heterocycles. The minimum atomic E-state index is -0.0130. The van der Waals surface area contributed by atoms with E-state index in [4.69, 9.17) is 4.74 Å². The van der Waals surface area contributed by atoms with Crippen LogP contribution in [-0.4, -0.2) is 23.4 Å². The Hall–Kier alpha value is -0.0800. The van der Waals surface area contributed by atoms with Gasteiger partial charge < -0.3 is 9.84 Å². The molecule has 0 aromatic carbocycles. The van der Waals surface area contributed by atoms with Crippen LogP contribution in [0.15, 0.2) is 0 Å². The van der Waals surface area contributed by atoms with Crippen molar-refractivity contribution in [3.8, 4) is 0 Å². The largest absolute Gasteiger partial charge is 0.393 e. The molecule has 9 atom stereocenters. The molecular weight excluding hydrogens is 260 g/mol. The molecule has 5 aliphatic rings. The van der Waals surface area contributed by atoms with Crippen molar-refractivity contribution in [3.05, 3.63) is 0 Å². The topological polar surface area (TPSA) is 32.8 Å². The Labute approximate surface area is 128 Å². The van der Waals surface area contributed by atoms with Crippen LogP contribution in [0.2, 0.25) is 0 Å². The van der Waals surface area contributed by atoms with Crippen LogP contribution in [-0.2, 0) is 4.74 Å². The highest BCUT2D eigenvalue weighted by Gasteiger charge is 2.68. The maximum atomic E-state index is 10.1. The Morgan fingerprint density at radius 2 is 1.71 bits per heavy atom. The third kappa shape index (κ3) is 1.62. The molecule has 0 spiro atoms. The fraction of sp³-hybridized carbons (Fsp3) is 1.00. The Morgan fingerprint density at radius 1 is 0.905 bits per heavy atom. The van der Waals surface area contributed by atoms with Gasteiger partial charge in [-0.1, -0.05) is 13.8 Å². The molecule has 5 fully saturated rings. The molecule has 1 aliphatic heterocycles. The lowest BCUT2D eigenvalue weighted by atomic mass is 9.45. The summed E-state index contributed by atoms with van der Waals surface area (Å²) in [5, 5.41) is 10.1. The average molecular weight is 290 g/mol. The Kier molecular flexibility index (Phi) is 2.58. The molecule has 0 bridgehead atoms. The SMILES string of the molecule is C[C@]12CC[C@@H](O)C[C@@H]1CC[C@@H]1[C@@H]2CC[C@]2(C)[C@@H]3O[C@@H]3C[C@@H]12. The Balaban J connectivity index is 1.46. The van der Waals surface area contributed by atoms with Crippen LogP contribution in [0.1, 0.15) is 65.2 Å². The summed E-state index contributed by atoms with van der Waals surface area (Å²) in [5.74, 6) is 3.61. The van der Waals surface area contributed by atoms with Crippen LogP contribution in [0, 0.1) is 34.5 Å². The van der Waals surface area contributed by atoms with E-state index >= 15 is 0 Å². The van der Waals surface area contributed by atoms with Gasteiger partial charge >= 0.3 is 0 Å². The predicted octanol–water partition coefficient (Wildman–Crippen LogP) is 3.77. The first kappa shape index (κ1) is 13.4. The zero-order chi connectivity index (χ0) is 14.4. The molecule has 4 aliphatic carbocycles. The molecule has 1 N–H and O–H groups in total. The van der Waals surface area contributed by atoms with Crippen LogP contribution in [0.5, 0.6) is 0 Å². The van der Waals surface area contributed by atoms with Gasteiger partial charge in [0.25, 0.3) is 0 Å². The van der Waals surface area contributed by atoms with E-state index in [1.54, 1.807) is 0 Å². The number of hydrogen-bond acceptors (Lipinski definition) is 2. The van der Waals surface area contributed by atoms with Crippen LogP contribution >= 0.6 is 0 Å². The van der Waals surface area contributed by atoms with Gasteiger partial charge in [0, 0.05) is 0 Å². The summed E-state index contributed by atoms with van der Waals surface area (Å²) in [4.78, 5) is 0. The second-order valence-corrected chi connectivity index (χ2v) is 9.46. The highest BCUT2D eigenvalue weighted by Crippen LogP contribution is 2.69. The lowest BCUT2D eigenvalue weighted by Gasteiger charge is -2.60. The van der Waals surface area contributed by atoms with Gasteiger partial charge in [-0.05, 0) is 85.9 Å². The highest BCUT2D eigenvalue weighted by atomic mass is 16.6. The highest BCUT2D eigenvalue weighted by molar-refractivity contribution is 5.16. The number of rotatable bonds is 0.